The molecule has 1 aliphatic heterocycles. The summed E-state index contributed by atoms with van der Waals surface area (Å²) < 4.78 is 47.5. The molecular weight excluding hydrogens is 1040 g/mol. The lowest BCUT2D eigenvalue weighted by atomic mass is 9.82. The predicted molar refractivity (Wildman–Crippen MR) is 292 cm³/mol. The maximum atomic E-state index is 14.1. The Morgan fingerprint density at radius 2 is 0.795 bits per heavy atom. The molecule has 1 heterocycles. The molecule has 16 nitrogen and oxygen atoms in total. The highest BCUT2D eigenvalue weighted by molar-refractivity contribution is 8.24. The Balaban J connectivity index is 0.860. The van der Waals surface area contributed by atoms with Crippen LogP contribution in [0.15, 0.2) is 43.9 Å². The SMILES string of the molecule is CCC(=O)OCCCCCCOC1CCC(OC(=O)C2CCC(C(=O)Oc3c4c(c(OC(=O)C5CCC(C(=O)OC6CCC(OCCCCCCOC(=O)CC)CC6)CC5)c5ccccc35)SC(=C(C#N)C#N)S4)CC2)CC1. The van der Waals surface area contributed by atoms with Crippen LogP contribution in [0.25, 0.3) is 10.8 Å². The Kier molecular flexibility index (Phi) is 24.5. The number of unbranched alkanes of at least 4 members (excludes halogenated alkanes) is 6. The lowest BCUT2D eigenvalue weighted by Gasteiger charge is -2.31. The van der Waals surface area contributed by atoms with E-state index in [0.717, 1.165) is 126 Å². The molecule has 2 aromatic carbocycles. The first-order valence-electron chi connectivity index (χ1n) is 28.9. The van der Waals surface area contributed by atoms with Crippen LogP contribution in [0.1, 0.15) is 181 Å². The van der Waals surface area contributed by atoms with Crippen molar-refractivity contribution in [1.82, 2.24) is 0 Å². The van der Waals surface area contributed by atoms with Crippen LogP contribution in [0.2, 0.25) is 0 Å². The number of carbonyl (C=O) groups is 6. The quantitative estimate of drug-likeness (QED) is 0.0281. The zero-order valence-electron chi connectivity index (χ0n) is 45.6. The van der Waals surface area contributed by atoms with Crippen LogP contribution in [-0.2, 0) is 57.2 Å². The summed E-state index contributed by atoms with van der Waals surface area (Å²) in [6.07, 6.45) is 18.5. The fourth-order valence-electron chi connectivity index (χ4n) is 11.0. The van der Waals surface area contributed by atoms with Gasteiger partial charge in [-0.3, -0.25) is 28.8 Å². The van der Waals surface area contributed by atoms with Crippen LogP contribution in [0.3, 0.4) is 0 Å². The van der Waals surface area contributed by atoms with Crippen LogP contribution >= 0.6 is 23.5 Å². The maximum absolute atomic E-state index is 14.1. The molecule has 78 heavy (non-hydrogen) atoms. The lowest BCUT2D eigenvalue weighted by molar-refractivity contribution is -0.160. The van der Waals surface area contributed by atoms with Crippen LogP contribution in [0, 0.1) is 46.3 Å². The van der Waals surface area contributed by atoms with Crippen molar-refractivity contribution in [3.63, 3.8) is 0 Å². The highest BCUT2D eigenvalue weighted by Gasteiger charge is 2.39. The summed E-state index contributed by atoms with van der Waals surface area (Å²) in [5.41, 5.74) is -0.113. The highest BCUT2D eigenvalue weighted by Crippen LogP contribution is 2.62. The predicted octanol–water partition coefficient (Wildman–Crippen LogP) is 12.5. The van der Waals surface area contributed by atoms with Gasteiger partial charge in [0.2, 0.25) is 0 Å². The minimum atomic E-state index is -0.472. The second-order valence-electron chi connectivity index (χ2n) is 21.3. The molecule has 4 aliphatic carbocycles. The zero-order chi connectivity index (χ0) is 55.2. The Labute approximate surface area is 468 Å². The Morgan fingerprint density at radius 3 is 1.14 bits per heavy atom. The molecule has 0 saturated heterocycles. The van der Waals surface area contributed by atoms with E-state index in [9.17, 15) is 39.3 Å². The molecule has 0 aromatic heterocycles. The molecule has 424 valence electrons. The first-order valence-corrected chi connectivity index (χ1v) is 30.5. The molecule has 18 heteroatoms. The number of benzene rings is 2. The van der Waals surface area contributed by atoms with Crippen LogP contribution in [-0.4, -0.2) is 86.7 Å². The topological polar surface area (TPSA) is 224 Å². The van der Waals surface area contributed by atoms with Gasteiger partial charge in [0.15, 0.2) is 11.5 Å². The third kappa shape index (κ3) is 17.7. The van der Waals surface area contributed by atoms with Gasteiger partial charge in [-0.05, 0) is 141 Å². The first kappa shape index (κ1) is 60.5. The average molecular weight is 1120 g/mol. The minimum absolute atomic E-state index is 0.113. The molecule has 0 spiro atoms. The molecular formula is C60H78N2O14S2. The summed E-state index contributed by atoms with van der Waals surface area (Å²) in [6, 6.07) is 11.1. The third-order valence-electron chi connectivity index (χ3n) is 15.7. The fourth-order valence-corrected chi connectivity index (χ4v) is 13.5. The number of fused-ring (bicyclic) bond motifs is 2. The zero-order valence-corrected chi connectivity index (χ0v) is 47.2. The van der Waals surface area contributed by atoms with E-state index in [2.05, 4.69) is 0 Å². The van der Waals surface area contributed by atoms with Crippen LogP contribution in [0.4, 0.5) is 0 Å². The molecule has 0 radical (unpaired) electrons. The molecule has 0 amide bonds. The third-order valence-corrected chi connectivity index (χ3v) is 18.3. The number of nitriles is 2. The summed E-state index contributed by atoms with van der Waals surface area (Å²) in [7, 11) is 0. The number of allylic oxidation sites excluding steroid dienone is 1. The van der Waals surface area contributed by atoms with Gasteiger partial charge in [-0.2, -0.15) is 10.5 Å². The Morgan fingerprint density at radius 1 is 0.462 bits per heavy atom. The van der Waals surface area contributed by atoms with Crippen molar-refractivity contribution < 1.29 is 66.7 Å². The summed E-state index contributed by atoms with van der Waals surface area (Å²) >= 11 is 2.27. The number of nitrogens with zero attached hydrogens (tertiary/aromatic N) is 2. The number of carbonyl (C=O) groups excluding carboxylic acids is 6. The summed E-state index contributed by atoms with van der Waals surface area (Å²) in [6.45, 7) is 5.88. The number of ether oxygens (including phenoxy) is 8. The maximum Gasteiger partial charge on any atom is 0.314 e. The van der Waals surface area contributed by atoms with Gasteiger partial charge in [0, 0.05) is 36.8 Å². The van der Waals surface area contributed by atoms with Crippen molar-refractivity contribution in [2.45, 2.75) is 215 Å². The van der Waals surface area contributed by atoms with E-state index in [-0.39, 0.29) is 77.2 Å². The van der Waals surface area contributed by atoms with Crippen molar-refractivity contribution in [2.75, 3.05) is 26.4 Å². The van der Waals surface area contributed by atoms with Gasteiger partial charge in [0.1, 0.15) is 29.9 Å². The second-order valence-corrected chi connectivity index (χ2v) is 23.6. The second kappa shape index (κ2) is 31.6. The van der Waals surface area contributed by atoms with E-state index in [0.29, 0.717) is 115 Å². The fraction of sp³-hybridized carbons (Fsp3) is 0.667. The van der Waals surface area contributed by atoms with E-state index in [1.165, 1.54) is 0 Å². The van der Waals surface area contributed by atoms with E-state index < -0.39 is 23.8 Å². The molecule has 0 N–H and O–H groups in total. The number of hydrogen-bond acceptors (Lipinski definition) is 18. The van der Waals surface area contributed by atoms with Crippen molar-refractivity contribution >= 4 is 70.1 Å². The summed E-state index contributed by atoms with van der Waals surface area (Å²) in [4.78, 5) is 78.4. The van der Waals surface area contributed by atoms with E-state index in [1.807, 2.05) is 12.1 Å². The number of esters is 6. The average Bonchev–Trinajstić information content (AvgIpc) is 3.92. The van der Waals surface area contributed by atoms with Crippen molar-refractivity contribution in [2.24, 2.45) is 23.7 Å². The molecule has 2 aromatic rings. The lowest BCUT2D eigenvalue weighted by Crippen LogP contribution is -2.33. The van der Waals surface area contributed by atoms with E-state index in [1.54, 1.807) is 38.1 Å². The minimum Gasteiger partial charge on any atom is -0.466 e. The summed E-state index contributed by atoms with van der Waals surface area (Å²) in [5, 5.41) is 20.8. The van der Waals surface area contributed by atoms with Gasteiger partial charge in [-0.25, -0.2) is 0 Å². The van der Waals surface area contributed by atoms with Crippen LogP contribution < -0.4 is 9.47 Å². The smallest absolute Gasteiger partial charge is 0.314 e. The highest BCUT2D eigenvalue weighted by atomic mass is 32.2. The standard InChI is InChI=1S/C60H78N2O14S2/c1-3-50(63)71-35-13-7-5-11-33-69-44-25-29-46(30-26-44)73-56(65)39-17-21-41(22-18-39)58(67)75-52-48-15-9-10-16-49(48)53(55-54(52)77-60(78-55)43(37-61)38-62)76-59(68)42-23-19-40(20-24-42)57(66)74-47-31-27-45(28-32-47)70-34-12-6-8-14-36-72-51(64)4-2/h9-10,15-16,39-42,44-47H,3-8,11-14,17-36H2,1-2H3. The molecule has 0 atom stereocenters. The van der Waals surface area contributed by atoms with Gasteiger partial charge in [-0.1, -0.05) is 74.5 Å². The number of hydrogen-bond donors (Lipinski definition) is 0. The van der Waals surface area contributed by atoms with Crippen molar-refractivity contribution in [3.8, 4) is 23.6 Å². The monoisotopic (exact) mass is 1110 g/mol. The summed E-state index contributed by atoms with van der Waals surface area (Å²) in [5.74, 6) is -2.71. The molecule has 7 rings (SSSR count). The van der Waals surface area contributed by atoms with Gasteiger partial charge in [-0.15, -0.1) is 0 Å². The number of rotatable bonds is 26. The van der Waals surface area contributed by atoms with E-state index in [4.69, 9.17) is 37.9 Å². The van der Waals surface area contributed by atoms with Gasteiger partial charge in [0.05, 0.1) is 63.1 Å². The van der Waals surface area contributed by atoms with Gasteiger partial charge in [0.25, 0.3) is 0 Å². The molecule has 5 aliphatic rings. The van der Waals surface area contributed by atoms with Crippen LogP contribution in [0.5, 0.6) is 11.5 Å². The van der Waals surface area contributed by atoms with Gasteiger partial charge < -0.3 is 37.9 Å². The normalized spacial score (nSPS) is 23.9. The molecule has 0 bridgehead atoms. The first-order chi connectivity index (χ1) is 38.0. The van der Waals surface area contributed by atoms with E-state index >= 15 is 0 Å². The molecule has 4 fully saturated rings. The van der Waals surface area contributed by atoms with Crippen molar-refractivity contribution in [1.29, 1.82) is 10.5 Å². The number of thioether (sulfide) groups is 2. The molecule has 0 unspecified atom stereocenters. The molecule has 4 saturated carbocycles. The van der Waals surface area contributed by atoms with Crippen molar-refractivity contribution in [3.05, 3.63) is 34.1 Å². The largest absolute Gasteiger partial charge is 0.466 e. The Bertz CT molecular complexity index is 2320. The van der Waals surface area contributed by atoms with Gasteiger partial charge >= 0.3 is 35.8 Å². The Hall–Kier alpha value is -5.14.